The van der Waals surface area contributed by atoms with E-state index in [-0.39, 0.29) is 0 Å². The zero-order valence-corrected chi connectivity index (χ0v) is 6.24. The van der Waals surface area contributed by atoms with E-state index in [0.29, 0.717) is 6.04 Å². The van der Waals surface area contributed by atoms with E-state index in [2.05, 4.69) is 30.7 Å². The fourth-order valence-electron chi connectivity index (χ4n) is 0.638. The average molecular weight is 140 g/mol. The number of hydrogen-bond acceptors (Lipinski definition) is 2. The Kier molecular flexibility index (Phi) is 2.25. The second kappa shape index (κ2) is 2.99. The van der Waals surface area contributed by atoms with Crippen molar-refractivity contribution in [1.82, 2.24) is 5.32 Å². The molecule has 0 bridgehead atoms. The maximum absolute atomic E-state index is 3.60. The molecule has 0 aliphatic carbocycles. The molecule has 0 spiro atoms. The molecular weight excluding hydrogens is 130 g/mol. The van der Waals surface area contributed by atoms with E-state index in [0.717, 1.165) is 0 Å². The minimum Gasteiger partial charge on any atom is -0.308 e. The molecule has 1 unspecified atom stereocenters. The lowest BCUT2D eigenvalue weighted by Crippen LogP contribution is -2.07. The lowest BCUT2D eigenvalue weighted by molar-refractivity contribution is 0.696. The van der Waals surface area contributed by atoms with Crippen molar-refractivity contribution in [3.8, 4) is 0 Å². The Bertz CT molecular complexity index is 157. The molecule has 1 heterocycles. The van der Waals surface area contributed by atoms with Crippen LogP contribution in [0.3, 0.4) is 0 Å². The third-order valence-electron chi connectivity index (χ3n) is 1.28. The van der Waals surface area contributed by atoms with Crippen LogP contribution in [0, 0.1) is 7.05 Å². The van der Waals surface area contributed by atoms with Gasteiger partial charge in [0.15, 0.2) is 0 Å². The first-order valence-electron chi connectivity index (χ1n) is 2.90. The first-order chi connectivity index (χ1) is 4.34. The van der Waals surface area contributed by atoms with Crippen molar-refractivity contribution in [2.24, 2.45) is 0 Å². The summed E-state index contributed by atoms with van der Waals surface area (Å²) in [5.41, 5.74) is 0. The molecule has 1 atom stereocenters. The second-order valence-corrected chi connectivity index (χ2v) is 2.92. The van der Waals surface area contributed by atoms with E-state index in [1.807, 2.05) is 6.07 Å². The lowest BCUT2D eigenvalue weighted by atomic mass is 10.3. The molecule has 0 saturated heterocycles. The van der Waals surface area contributed by atoms with Crippen LogP contribution >= 0.6 is 11.3 Å². The Morgan fingerprint density at radius 2 is 2.56 bits per heavy atom. The van der Waals surface area contributed by atoms with Crippen LogP contribution in [0.25, 0.3) is 0 Å². The van der Waals surface area contributed by atoms with Crippen LogP contribution in [-0.2, 0) is 0 Å². The van der Waals surface area contributed by atoms with Crippen molar-refractivity contribution in [3.63, 3.8) is 0 Å². The van der Waals surface area contributed by atoms with Crippen molar-refractivity contribution < 1.29 is 0 Å². The van der Waals surface area contributed by atoms with Crippen LogP contribution in [0.4, 0.5) is 0 Å². The molecule has 1 N–H and O–H groups in total. The Morgan fingerprint density at radius 3 is 3.00 bits per heavy atom. The van der Waals surface area contributed by atoms with Gasteiger partial charge in [0, 0.05) is 18.0 Å². The van der Waals surface area contributed by atoms with Gasteiger partial charge in [0.1, 0.15) is 0 Å². The third-order valence-corrected chi connectivity index (χ3v) is 2.33. The minimum atomic E-state index is 0.394. The van der Waals surface area contributed by atoms with E-state index >= 15 is 0 Å². The standard InChI is InChI=1S/C7H10NS/c1-6(8-2)7-4-3-5-9-7/h3-6,8H,2H2,1H3. The fourth-order valence-corrected chi connectivity index (χ4v) is 1.40. The summed E-state index contributed by atoms with van der Waals surface area (Å²) in [6, 6.07) is 4.55. The molecule has 0 aromatic carbocycles. The van der Waals surface area contributed by atoms with Gasteiger partial charge in [0.25, 0.3) is 0 Å². The second-order valence-electron chi connectivity index (χ2n) is 1.94. The monoisotopic (exact) mass is 140 g/mol. The molecule has 2 heteroatoms. The Labute approximate surface area is 59.7 Å². The summed E-state index contributed by atoms with van der Waals surface area (Å²) < 4.78 is 0. The van der Waals surface area contributed by atoms with Crippen molar-refractivity contribution in [3.05, 3.63) is 29.4 Å². The zero-order chi connectivity index (χ0) is 6.69. The topological polar surface area (TPSA) is 12.0 Å². The maximum Gasteiger partial charge on any atom is 0.0386 e. The van der Waals surface area contributed by atoms with Crippen molar-refractivity contribution in [1.29, 1.82) is 0 Å². The van der Waals surface area contributed by atoms with E-state index in [1.165, 1.54) is 4.88 Å². The smallest absolute Gasteiger partial charge is 0.0386 e. The van der Waals surface area contributed by atoms with Gasteiger partial charge >= 0.3 is 0 Å². The number of hydrogen-bond donors (Lipinski definition) is 1. The predicted molar refractivity (Wildman–Crippen MR) is 41.2 cm³/mol. The molecule has 0 amide bonds. The van der Waals surface area contributed by atoms with Crippen LogP contribution in [0.5, 0.6) is 0 Å². The van der Waals surface area contributed by atoms with E-state index in [9.17, 15) is 0 Å². The van der Waals surface area contributed by atoms with Crippen LogP contribution in [0.2, 0.25) is 0 Å². The highest BCUT2D eigenvalue weighted by atomic mass is 32.1. The summed E-state index contributed by atoms with van der Waals surface area (Å²) in [6.45, 7) is 2.10. The summed E-state index contributed by atoms with van der Waals surface area (Å²) >= 11 is 1.75. The summed E-state index contributed by atoms with van der Waals surface area (Å²) in [4.78, 5) is 1.34. The Balaban J connectivity index is 2.65. The van der Waals surface area contributed by atoms with Crippen LogP contribution in [0.1, 0.15) is 17.8 Å². The first kappa shape index (κ1) is 6.78. The molecule has 1 rings (SSSR count). The van der Waals surface area contributed by atoms with Crippen LogP contribution in [-0.4, -0.2) is 0 Å². The van der Waals surface area contributed by atoms with Gasteiger partial charge in [-0.25, -0.2) is 0 Å². The van der Waals surface area contributed by atoms with Gasteiger partial charge in [-0.15, -0.1) is 11.3 Å². The summed E-state index contributed by atoms with van der Waals surface area (Å²) in [6.07, 6.45) is 0. The molecule has 1 radical (unpaired) electrons. The van der Waals surface area contributed by atoms with E-state index < -0.39 is 0 Å². The molecular formula is C7H10NS. The number of thiophene rings is 1. The highest BCUT2D eigenvalue weighted by Gasteiger charge is 2.00. The SMILES string of the molecule is [CH2]NC(C)c1cccs1. The van der Waals surface area contributed by atoms with Gasteiger partial charge in [-0.3, -0.25) is 0 Å². The van der Waals surface area contributed by atoms with Gasteiger partial charge in [0.2, 0.25) is 0 Å². The van der Waals surface area contributed by atoms with Gasteiger partial charge in [-0.05, 0) is 18.4 Å². The summed E-state index contributed by atoms with van der Waals surface area (Å²) in [5, 5.41) is 5.00. The first-order valence-corrected chi connectivity index (χ1v) is 3.78. The van der Waals surface area contributed by atoms with Gasteiger partial charge < -0.3 is 5.32 Å². The molecule has 0 aliphatic heterocycles. The average Bonchev–Trinajstić information content (AvgIpc) is 2.37. The minimum absolute atomic E-state index is 0.394. The van der Waals surface area contributed by atoms with Crippen molar-refractivity contribution in [2.75, 3.05) is 0 Å². The highest BCUT2D eigenvalue weighted by molar-refractivity contribution is 7.10. The Morgan fingerprint density at radius 1 is 1.78 bits per heavy atom. The molecule has 1 nitrogen and oxygen atoms in total. The molecule has 0 fully saturated rings. The largest absolute Gasteiger partial charge is 0.308 e. The van der Waals surface area contributed by atoms with Crippen molar-refractivity contribution in [2.45, 2.75) is 13.0 Å². The summed E-state index contributed by atoms with van der Waals surface area (Å²) in [7, 11) is 3.60. The molecule has 1 aromatic rings. The van der Waals surface area contributed by atoms with Crippen molar-refractivity contribution >= 4 is 11.3 Å². The molecule has 1 aromatic heterocycles. The summed E-state index contributed by atoms with van der Waals surface area (Å²) in [5.74, 6) is 0. The number of nitrogens with one attached hydrogen (secondary N) is 1. The van der Waals surface area contributed by atoms with Gasteiger partial charge in [-0.2, -0.15) is 0 Å². The maximum atomic E-state index is 3.60. The zero-order valence-electron chi connectivity index (χ0n) is 5.42. The Hall–Kier alpha value is -0.340. The molecule has 9 heavy (non-hydrogen) atoms. The van der Waals surface area contributed by atoms with E-state index in [4.69, 9.17) is 0 Å². The molecule has 49 valence electrons. The fraction of sp³-hybridized carbons (Fsp3) is 0.286. The normalized spacial score (nSPS) is 13.6. The number of rotatable bonds is 2. The van der Waals surface area contributed by atoms with Gasteiger partial charge in [0.05, 0.1) is 0 Å². The van der Waals surface area contributed by atoms with Crippen LogP contribution in [0.15, 0.2) is 17.5 Å². The third kappa shape index (κ3) is 1.53. The molecule has 0 aliphatic rings. The quantitative estimate of drug-likeness (QED) is 0.664. The van der Waals surface area contributed by atoms with Crippen LogP contribution < -0.4 is 5.32 Å². The highest BCUT2D eigenvalue weighted by Crippen LogP contribution is 2.17. The predicted octanol–water partition coefficient (Wildman–Crippen LogP) is 2.19. The molecule has 0 saturated carbocycles. The van der Waals surface area contributed by atoms with E-state index in [1.54, 1.807) is 11.3 Å². The lowest BCUT2D eigenvalue weighted by Gasteiger charge is -2.04. The van der Waals surface area contributed by atoms with Gasteiger partial charge in [-0.1, -0.05) is 6.07 Å².